The third-order valence-electron chi connectivity index (χ3n) is 8.43. The molecule has 2 unspecified atom stereocenters. The van der Waals surface area contributed by atoms with Crippen LogP contribution < -0.4 is 4.90 Å². The van der Waals surface area contributed by atoms with Crippen LogP contribution in [0.1, 0.15) is 17.0 Å². The van der Waals surface area contributed by atoms with E-state index in [1.165, 1.54) is 55.4 Å². The second kappa shape index (κ2) is 9.44. The summed E-state index contributed by atoms with van der Waals surface area (Å²) in [6.07, 6.45) is 8.67. The molecule has 194 valence electrons. The van der Waals surface area contributed by atoms with Crippen molar-refractivity contribution in [3.8, 4) is 28.7 Å². The Kier molecular flexibility index (Phi) is 5.43. The fraction of sp³-hybridized carbons (Fsp3) is 0.0769. The third kappa shape index (κ3) is 3.82. The number of aryl methyl sites for hydroxylation is 1. The van der Waals surface area contributed by atoms with Gasteiger partial charge in [-0.2, -0.15) is 0 Å². The van der Waals surface area contributed by atoms with Gasteiger partial charge in [-0.1, -0.05) is 103 Å². The molecule has 2 heterocycles. The number of hydrogen-bond donors (Lipinski definition) is 0. The molecule has 1 aliphatic heterocycles. The molecule has 2 nitrogen and oxygen atoms in total. The van der Waals surface area contributed by atoms with Gasteiger partial charge in [-0.05, 0) is 77.7 Å². The van der Waals surface area contributed by atoms with E-state index in [1.54, 1.807) is 0 Å². The van der Waals surface area contributed by atoms with Crippen LogP contribution in [0.4, 0.5) is 11.4 Å². The Labute approximate surface area is 240 Å². The minimum absolute atomic E-state index is 0.0122. The lowest BCUT2D eigenvalue weighted by Crippen LogP contribution is -2.28. The van der Waals surface area contributed by atoms with Gasteiger partial charge >= 0.3 is 0 Å². The highest BCUT2D eigenvalue weighted by molar-refractivity contribution is 6.09. The smallest absolute Gasteiger partial charge is 0.114 e. The Bertz CT molecular complexity index is 2010. The summed E-state index contributed by atoms with van der Waals surface area (Å²) in [7, 11) is 0. The van der Waals surface area contributed by atoms with Crippen molar-refractivity contribution in [3.05, 3.63) is 151 Å². The van der Waals surface area contributed by atoms with Gasteiger partial charge in [0.05, 0.1) is 17.0 Å². The normalized spacial score (nSPS) is 18.7. The fourth-order valence-corrected chi connectivity index (χ4v) is 6.48. The molecule has 0 saturated carbocycles. The van der Waals surface area contributed by atoms with Gasteiger partial charge < -0.3 is 9.47 Å². The lowest BCUT2D eigenvalue weighted by Gasteiger charge is -2.30. The summed E-state index contributed by atoms with van der Waals surface area (Å²) in [4.78, 5) is 2.38. The van der Waals surface area contributed by atoms with Crippen molar-refractivity contribution in [1.29, 1.82) is 0 Å². The molecule has 0 radical (unpaired) electrons. The number of benzene rings is 5. The van der Waals surface area contributed by atoms with Crippen LogP contribution in [0.5, 0.6) is 0 Å². The van der Waals surface area contributed by atoms with E-state index in [0.29, 0.717) is 0 Å². The molecule has 2 heteroatoms. The minimum Gasteiger partial charge on any atom is -0.323 e. The first-order valence-electron chi connectivity index (χ1n) is 14.2. The third-order valence-corrected chi connectivity index (χ3v) is 8.43. The molecule has 8 rings (SSSR count). The first kappa shape index (κ1) is 23.6. The molecular formula is C39H28N2. The molecule has 41 heavy (non-hydrogen) atoms. The predicted molar refractivity (Wildman–Crippen MR) is 172 cm³/mol. The van der Waals surface area contributed by atoms with Crippen LogP contribution in [0.3, 0.4) is 0 Å². The second-order valence-corrected chi connectivity index (χ2v) is 10.8. The maximum Gasteiger partial charge on any atom is 0.114 e. The number of para-hydroxylation sites is 2. The van der Waals surface area contributed by atoms with E-state index in [9.17, 15) is 0 Å². The summed E-state index contributed by atoms with van der Waals surface area (Å²) in [5, 5.41) is 2.56. The zero-order valence-electron chi connectivity index (χ0n) is 22.8. The average Bonchev–Trinajstić information content (AvgIpc) is 3.28. The standard InChI is InChI=1S/C39H28N2/c1-27-9-8-16-38-39(27)30-10-2-3-11-31(26-21-30)40(38)32-22-17-28(18-23-32)29-19-24-33(25-20-29)41-36-14-6-4-12-34(36)35-13-5-7-15-37(35)41/h2-20,22-25,30-31H,1H3/b10-2-,11-3-. The maximum absolute atomic E-state index is 3.53. The molecule has 1 aliphatic carbocycles. The maximum atomic E-state index is 3.53. The lowest BCUT2D eigenvalue weighted by molar-refractivity contribution is 0.964. The van der Waals surface area contributed by atoms with E-state index < -0.39 is 0 Å². The molecule has 2 bridgehead atoms. The summed E-state index contributed by atoms with van der Waals surface area (Å²) in [5.41, 5.74) is 11.0. The van der Waals surface area contributed by atoms with Crippen LogP contribution in [0, 0.1) is 18.8 Å². The first-order valence-corrected chi connectivity index (χ1v) is 14.2. The predicted octanol–water partition coefficient (Wildman–Crippen LogP) is 9.49. The molecule has 5 aromatic carbocycles. The Balaban J connectivity index is 1.16. The van der Waals surface area contributed by atoms with Crippen molar-refractivity contribution in [2.24, 2.45) is 0 Å². The largest absolute Gasteiger partial charge is 0.323 e. The van der Waals surface area contributed by atoms with Crippen LogP contribution in [0.25, 0.3) is 38.6 Å². The lowest BCUT2D eigenvalue weighted by atomic mass is 9.93. The SMILES string of the molecule is Cc1cccc2c1C1C#CC(/C=C\C=C/1)N2c1ccc(-c2ccc(-n3c4ccccc4c4ccccc43)cc2)cc1. The zero-order chi connectivity index (χ0) is 27.3. The zero-order valence-corrected chi connectivity index (χ0v) is 22.8. The van der Waals surface area contributed by atoms with Crippen LogP contribution in [-0.4, -0.2) is 10.6 Å². The molecule has 6 aromatic rings. The van der Waals surface area contributed by atoms with Crippen molar-refractivity contribution in [2.75, 3.05) is 4.90 Å². The highest BCUT2D eigenvalue weighted by Crippen LogP contribution is 2.40. The molecule has 0 fully saturated rings. The van der Waals surface area contributed by atoms with Crippen molar-refractivity contribution in [2.45, 2.75) is 18.9 Å². The van der Waals surface area contributed by atoms with Crippen LogP contribution in [0.2, 0.25) is 0 Å². The number of aromatic nitrogens is 1. The van der Waals surface area contributed by atoms with E-state index in [4.69, 9.17) is 0 Å². The van der Waals surface area contributed by atoms with Gasteiger partial charge in [-0.15, -0.1) is 0 Å². The van der Waals surface area contributed by atoms with Gasteiger partial charge in [-0.25, -0.2) is 0 Å². The minimum atomic E-state index is -0.0122. The summed E-state index contributed by atoms with van der Waals surface area (Å²) >= 11 is 0. The van der Waals surface area contributed by atoms with Crippen molar-refractivity contribution >= 4 is 33.2 Å². The Hall–Kier alpha value is -5.26. The Morgan fingerprint density at radius 1 is 0.561 bits per heavy atom. The first-order chi connectivity index (χ1) is 20.3. The van der Waals surface area contributed by atoms with Crippen molar-refractivity contribution < 1.29 is 0 Å². The monoisotopic (exact) mass is 524 g/mol. The van der Waals surface area contributed by atoms with Gasteiger partial charge in [0.15, 0.2) is 0 Å². The van der Waals surface area contributed by atoms with E-state index in [2.05, 4.69) is 168 Å². The molecule has 2 aliphatic rings. The number of rotatable bonds is 3. The van der Waals surface area contributed by atoms with E-state index in [1.807, 2.05) is 0 Å². The number of fused-ring (bicyclic) bond motifs is 7. The quantitative estimate of drug-likeness (QED) is 0.209. The second-order valence-electron chi connectivity index (χ2n) is 10.8. The molecule has 1 aromatic heterocycles. The van der Waals surface area contributed by atoms with Crippen molar-refractivity contribution in [3.63, 3.8) is 0 Å². The molecular weight excluding hydrogens is 496 g/mol. The van der Waals surface area contributed by atoms with E-state index >= 15 is 0 Å². The number of allylic oxidation sites excluding steroid dienone is 3. The van der Waals surface area contributed by atoms with E-state index in [0.717, 1.165) is 5.69 Å². The van der Waals surface area contributed by atoms with Crippen LogP contribution in [0.15, 0.2) is 140 Å². The summed E-state index contributed by atoms with van der Waals surface area (Å²) in [6.45, 7) is 2.19. The number of nitrogens with zero attached hydrogens (tertiary/aromatic N) is 2. The van der Waals surface area contributed by atoms with Gasteiger partial charge in [0.25, 0.3) is 0 Å². The molecule has 0 amide bonds. The van der Waals surface area contributed by atoms with Gasteiger partial charge in [0.2, 0.25) is 0 Å². The highest BCUT2D eigenvalue weighted by atomic mass is 15.2. The summed E-state index contributed by atoms with van der Waals surface area (Å²) < 4.78 is 2.36. The summed E-state index contributed by atoms with van der Waals surface area (Å²) in [6, 6.07) is 41.7. The number of anilines is 2. The fourth-order valence-electron chi connectivity index (χ4n) is 6.48. The van der Waals surface area contributed by atoms with E-state index in [-0.39, 0.29) is 12.0 Å². The van der Waals surface area contributed by atoms with Crippen LogP contribution >= 0.6 is 0 Å². The molecule has 0 N–H and O–H groups in total. The Morgan fingerprint density at radius 2 is 1.17 bits per heavy atom. The highest BCUT2D eigenvalue weighted by Gasteiger charge is 2.26. The molecule has 0 saturated heterocycles. The average molecular weight is 525 g/mol. The molecule has 0 spiro atoms. The summed E-state index contributed by atoms with van der Waals surface area (Å²) in [5.74, 6) is 7.17. The van der Waals surface area contributed by atoms with Gasteiger partial charge in [0.1, 0.15) is 6.04 Å². The van der Waals surface area contributed by atoms with Crippen LogP contribution in [-0.2, 0) is 0 Å². The number of hydrogen-bond acceptors (Lipinski definition) is 1. The van der Waals surface area contributed by atoms with Crippen molar-refractivity contribution in [1.82, 2.24) is 4.57 Å². The van der Waals surface area contributed by atoms with Gasteiger partial charge in [-0.3, -0.25) is 0 Å². The topological polar surface area (TPSA) is 8.17 Å². The van der Waals surface area contributed by atoms with Gasteiger partial charge in [0, 0.05) is 27.8 Å². The molecule has 2 atom stereocenters. The Morgan fingerprint density at radius 3 is 1.85 bits per heavy atom.